The van der Waals surface area contributed by atoms with Crippen LogP contribution in [0.2, 0.25) is 0 Å². The van der Waals surface area contributed by atoms with Crippen LogP contribution in [-0.4, -0.2) is 0 Å². The predicted molar refractivity (Wildman–Crippen MR) is 71.7 cm³/mol. The zero-order chi connectivity index (χ0) is 11.2. The minimum Gasteiger partial charge on any atom is -0.0530 e. The first-order valence-corrected chi connectivity index (χ1v) is 8.43. The normalized spacial score (nSPS) is 53.6. The van der Waals surface area contributed by atoms with Crippen molar-refractivity contribution in [3.8, 4) is 0 Å². The molecule has 0 aromatic carbocycles. The van der Waals surface area contributed by atoms with E-state index in [2.05, 4.69) is 0 Å². The zero-order valence-corrected chi connectivity index (χ0v) is 11.2. The molecule has 0 bridgehead atoms. The molecular weight excluding hydrogens is 204 g/mol. The van der Waals surface area contributed by atoms with Crippen LogP contribution < -0.4 is 0 Å². The van der Waals surface area contributed by atoms with Gasteiger partial charge in [-0.15, -0.1) is 0 Å². The van der Waals surface area contributed by atoms with E-state index in [0.29, 0.717) is 0 Å². The van der Waals surface area contributed by atoms with Gasteiger partial charge in [-0.25, -0.2) is 0 Å². The van der Waals surface area contributed by atoms with E-state index >= 15 is 0 Å². The average molecular weight is 232 g/mol. The van der Waals surface area contributed by atoms with Crippen molar-refractivity contribution in [2.45, 2.75) is 70.6 Å². The van der Waals surface area contributed by atoms with Crippen LogP contribution >= 0.6 is 0 Å². The number of hydrogen-bond acceptors (Lipinski definition) is 0. The lowest BCUT2D eigenvalue weighted by molar-refractivity contribution is 0.0380. The van der Waals surface area contributed by atoms with Crippen LogP contribution in [0.4, 0.5) is 0 Å². The summed E-state index contributed by atoms with van der Waals surface area (Å²) in [5.41, 5.74) is 0. The summed E-state index contributed by atoms with van der Waals surface area (Å²) in [6, 6.07) is 0. The van der Waals surface area contributed by atoms with Crippen molar-refractivity contribution >= 4 is 0 Å². The van der Waals surface area contributed by atoms with Crippen LogP contribution in [-0.2, 0) is 0 Å². The van der Waals surface area contributed by atoms with E-state index in [0.717, 1.165) is 5.92 Å². The molecule has 4 rings (SSSR count). The monoisotopic (exact) mass is 232 g/mol. The maximum atomic E-state index is 1.64. The largest absolute Gasteiger partial charge is 0.0530 e. The first kappa shape index (κ1) is 10.9. The Morgan fingerprint density at radius 1 is 0.471 bits per heavy atom. The van der Waals surface area contributed by atoms with Gasteiger partial charge in [-0.2, -0.15) is 0 Å². The molecule has 4 aliphatic carbocycles. The van der Waals surface area contributed by atoms with Crippen LogP contribution in [0, 0.1) is 35.5 Å². The minimum atomic E-state index is 1.16. The molecule has 0 saturated heterocycles. The SMILES string of the molecule is C1CCC2C(C1)CCC1CC3CCCCC3C12. The molecule has 0 spiro atoms. The van der Waals surface area contributed by atoms with Crippen molar-refractivity contribution in [3.05, 3.63) is 0 Å². The molecule has 0 amide bonds. The van der Waals surface area contributed by atoms with Crippen molar-refractivity contribution in [3.63, 3.8) is 0 Å². The Morgan fingerprint density at radius 3 is 1.88 bits per heavy atom. The molecule has 4 saturated carbocycles. The lowest BCUT2D eigenvalue weighted by Crippen LogP contribution is -2.37. The summed E-state index contributed by atoms with van der Waals surface area (Å²) in [5, 5.41) is 0. The van der Waals surface area contributed by atoms with E-state index in [9.17, 15) is 0 Å². The lowest BCUT2D eigenvalue weighted by Gasteiger charge is -2.46. The highest BCUT2D eigenvalue weighted by atomic mass is 14.6. The molecule has 6 unspecified atom stereocenters. The second-order valence-corrected chi connectivity index (χ2v) is 7.57. The fourth-order valence-corrected chi connectivity index (χ4v) is 6.44. The van der Waals surface area contributed by atoms with Crippen LogP contribution in [0.15, 0.2) is 0 Å². The Bertz CT molecular complexity index is 280. The Morgan fingerprint density at radius 2 is 1.06 bits per heavy atom. The summed E-state index contributed by atoms with van der Waals surface area (Å²) in [7, 11) is 0. The van der Waals surface area contributed by atoms with Gasteiger partial charge in [0.05, 0.1) is 0 Å². The van der Waals surface area contributed by atoms with Gasteiger partial charge < -0.3 is 0 Å². The number of rotatable bonds is 0. The number of hydrogen-bond donors (Lipinski definition) is 0. The van der Waals surface area contributed by atoms with E-state index in [4.69, 9.17) is 0 Å². The molecule has 0 nitrogen and oxygen atoms in total. The van der Waals surface area contributed by atoms with Crippen molar-refractivity contribution in [1.82, 2.24) is 0 Å². The molecule has 96 valence electrons. The van der Waals surface area contributed by atoms with Gasteiger partial charge in [0, 0.05) is 0 Å². The average Bonchev–Trinajstić information content (AvgIpc) is 2.77. The molecule has 17 heavy (non-hydrogen) atoms. The van der Waals surface area contributed by atoms with Crippen molar-refractivity contribution in [2.75, 3.05) is 0 Å². The topological polar surface area (TPSA) is 0 Å². The summed E-state index contributed by atoms with van der Waals surface area (Å²) < 4.78 is 0. The maximum Gasteiger partial charge on any atom is -0.0324 e. The van der Waals surface area contributed by atoms with Gasteiger partial charge in [-0.3, -0.25) is 0 Å². The zero-order valence-electron chi connectivity index (χ0n) is 11.2. The third-order valence-corrected chi connectivity index (χ3v) is 6.98. The van der Waals surface area contributed by atoms with Crippen molar-refractivity contribution < 1.29 is 0 Å². The lowest BCUT2D eigenvalue weighted by atomic mass is 9.59. The third-order valence-electron chi connectivity index (χ3n) is 6.98. The van der Waals surface area contributed by atoms with Crippen LogP contribution in [0.3, 0.4) is 0 Å². The van der Waals surface area contributed by atoms with Gasteiger partial charge in [0.1, 0.15) is 0 Å². The highest BCUT2D eigenvalue weighted by Crippen LogP contribution is 2.59. The minimum absolute atomic E-state index is 1.16. The summed E-state index contributed by atoms with van der Waals surface area (Å²) in [6.45, 7) is 0. The van der Waals surface area contributed by atoms with Gasteiger partial charge in [-0.05, 0) is 67.6 Å². The Kier molecular flexibility index (Phi) is 2.74. The van der Waals surface area contributed by atoms with Gasteiger partial charge in [-0.1, -0.05) is 38.5 Å². The molecule has 0 heterocycles. The molecule has 0 heteroatoms. The highest BCUT2D eigenvalue weighted by Gasteiger charge is 2.50. The van der Waals surface area contributed by atoms with Crippen molar-refractivity contribution in [1.29, 1.82) is 0 Å². The standard InChI is InChI=1S/C17H28/c1-3-7-15-12(5-1)9-10-14-11-13-6-2-4-8-16(13)17(14)15/h12-17H,1-11H2. The molecule has 0 aliphatic heterocycles. The molecule has 0 N–H and O–H groups in total. The van der Waals surface area contributed by atoms with Crippen molar-refractivity contribution in [2.24, 2.45) is 35.5 Å². The van der Waals surface area contributed by atoms with Gasteiger partial charge in [0.2, 0.25) is 0 Å². The first-order valence-electron chi connectivity index (χ1n) is 8.43. The maximum absolute atomic E-state index is 1.64. The summed E-state index contributed by atoms with van der Waals surface area (Å²) >= 11 is 0. The van der Waals surface area contributed by atoms with E-state index in [1.807, 2.05) is 0 Å². The number of fused-ring (bicyclic) bond motifs is 5. The summed E-state index contributed by atoms with van der Waals surface area (Å²) in [6.07, 6.45) is 17.5. The Balaban J connectivity index is 1.59. The van der Waals surface area contributed by atoms with Crippen LogP contribution in [0.25, 0.3) is 0 Å². The van der Waals surface area contributed by atoms with E-state index in [1.54, 1.807) is 70.6 Å². The van der Waals surface area contributed by atoms with E-state index in [1.165, 1.54) is 29.6 Å². The molecule has 4 aliphatic rings. The summed E-state index contributed by atoms with van der Waals surface area (Å²) in [5.74, 6) is 7.04. The molecule has 0 aromatic heterocycles. The molecule has 0 aromatic rings. The van der Waals surface area contributed by atoms with Crippen LogP contribution in [0.1, 0.15) is 70.6 Å². The smallest absolute Gasteiger partial charge is 0.0324 e. The highest BCUT2D eigenvalue weighted by molar-refractivity contribution is 5.00. The first-order chi connectivity index (χ1) is 8.43. The Hall–Kier alpha value is 0. The third kappa shape index (κ3) is 1.70. The van der Waals surface area contributed by atoms with Gasteiger partial charge >= 0.3 is 0 Å². The summed E-state index contributed by atoms with van der Waals surface area (Å²) in [4.78, 5) is 0. The van der Waals surface area contributed by atoms with Gasteiger partial charge in [0.15, 0.2) is 0 Å². The van der Waals surface area contributed by atoms with E-state index in [-0.39, 0.29) is 0 Å². The van der Waals surface area contributed by atoms with Gasteiger partial charge in [0.25, 0.3) is 0 Å². The fourth-order valence-electron chi connectivity index (χ4n) is 6.44. The molecule has 6 atom stereocenters. The second kappa shape index (κ2) is 4.28. The fraction of sp³-hybridized carbons (Fsp3) is 1.00. The molecular formula is C17H28. The quantitative estimate of drug-likeness (QED) is 0.549. The van der Waals surface area contributed by atoms with Crippen LogP contribution in [0.5, 0.6) is 0 Å². The molecule has 4 fully saturated rings. The van der Waals surface area contributed by atoms with E-state index < -0.39 is 0 Å². The second-order valence-electron chi connectivity index (χ2n) is 7.57. The predicted octanol–water partition coefficient (Wildman–Crippen LogP) is 5.03. The molecule has 0 radical (unpaired) electrons. The Labute approximate surface area is 107 Å².